The summed E-state index contributed by atoms with van der Waals surface area (Å²) in [6.45, 7) is 7.97. The van der Waals surface area contributed by atoms with Crippen molar-refractivity contribution < 1.29 is 0 Å². The van der Waals surface area contributed by atoms with Crippen molar-refractivity contribution in [1.29, 1.82) is 0 Å². The van der Waals surface area contributed by atoms with E-state index in [0.29, 0.717) is 0 Å². The van der Waals surface area contributed by atoms with E-state index in [-0.39, 0.29) is 0 Å². The van der Waals surface area contributed by atoms with Gasteiger partial charge in [0.15, 0.2) is 0 Å². The van der Waals surface area contributed by atoms with Crippen LogP contribution in [0.2, 0.25) is 0 Å². The normalized spacial score (nSPS) is 20.4. The number of hydrogen-bond acceptors (Lipinski definition) is 2. The number of hydrogen-bond donors (Lipinski definition) is 1. The van der Waals surface area contributed by atoms with E-state index >= 15 is 0 Å². The van der Waals surface area contributed by atoms with Gasteiger partial charge in [-0.3, -0.25) is 0 Å². The Labute approximate surface area is 118 Å². The van der Waals surface area contributed by atoms with E-state index in [9.17, 15) is 0 Å². The summed E-state index contributed by atoms with van der Waals surface area (Å²) in [5, 5.41) is 3.23. The topological polar surface area (TPSA) is 15.3 Å². The van der Waals surface area contributed by atoms with Crippen LogP contribution in [0.3, 0.4) is 0 Å². The maximum atomic E-state index is 3.23. The van der Waals surface area contributed by atoms with Crippen LogP contribution in [0.25, 0.3) is 0 Å². The van der Waals surface area contributed by atoms with Crippen LogP contribution in [-0.2, 0) is 6.54 Å². The van der Waals surface area contributed by atoms with Crippen molar-refractivity contribution in [1.82, 2.24) is 5.32 Å². The predicted octanol–water partition coefficient (Wildman–Crippen LogP) is 3.73. The zero-order chi connectivity index (χ0) is 13.7. The van der Waals surface area contributed by atoms with Crippen molar-refractivity contribution in [2.45, 2.75) is 46.1 Å². The number of nitrogens with one attached hydrogen (secondary N) is 1. The fraction of sp³-hybridized carbons (Fsp3) is 0.647. The minimum atomic E-state index is 0.940. The van der Waals surface area contributed by atoms with Gasteiger partial charge in [0.1, 0.15) is 0 Å². The second kappa shape index (κ2) is 6.95. The molecule has 1 fully saturated rings. The lowest BCUT2D eigenvalue weighted by Crippen LogP contribution is -2.24. The first-order valence-corrected chi connectivity index (χ1v) is 7.73. The summed E-state index contributed by atoms with van der Waals surface area (Å²) >= 11 is 0. The smallest absolute Gasteiger partial charge is 0.0369 e. The van der Waals surface area contributed by atoms with Crippen LogP contribution in [0.1, 0.15) is 43.7 Å². The van der Waals surface area contributed by atoms with Gasteiger partial charge in [-0.2, -0.15) is 0 Å². The molecular weight excluding hydrogens is 232 g/mol. The fourth-order valence-corrected chi connectivity index (χ4v) is 3.10. The monoisotopic (exact) mass is 260 g/mol. The Hall–Kier alpha value is -1.02. The molecule has 0 amide bonds. The molecule has 0 saturated carbocycles. The minimum Gasteiger partial charge on any atom is -0.372 e. The van der Waals surface area contributed by atoms with Crippen molar-refractivity contribution in [3.05, 3.63) is 29.3 Å². The van der Waals surface area contributed by atoms with Gasteiger partial charge in [-0.25, -0.2) is 0 Å². The molecule has 1 aliphatic rings. The van der Waals surface area contributed by atoms with E-state index in [1.54, 1.807) is 0 Å². The highest BCUT2D eigenvalue weighted by Crippen LogP contribution is 2.25. The molecule has 1 N–H and O–H groups in total. The average Bonchev–Trinajstić information content (AvgIpc) is 2.66. The standard InChI is InChI=1S/C17H28N2/c1-4-15-6-5-10-19(11-9-15)17-8-7-16(13-18-3)14(2)12-17/h7-8,12,15,18H,4-6,9-11,13H2,1-3H3. The van der Waals surface area contributed by atoms with Crippen LogP contribution in [0, 0.1) is 12.8 Å². The second-order valence-corrected chi connectivity index (χ2v) is 5.83. The molecule has 1 aromatic carbocycles. The number of aryl methyl sites for hydroxylation is 1. The van der Waals surface area contributed by atoms with Gasteiger partial charge >= 0.3 is 0 Å². The van der Waals surface area contributed by atoms with E-state index in [2.05, 4.69) is 42.3 Å². The largest absolute Gasteiger partial charge is 0.372 e. The van der Waals surface area contributed by atoms with Crippen LogP contribution in [0.4, 0.5) is 5.69 Å². The first-order valence-electron chi connectivity index (χ1n) is 7.73. The SMILES string of the molecule is CCC1CCCN(c2ccc(CNC)c(C)c2)CC1. The molecule has 1 aliphatic heterocycles. The van der Waals surface area contributed by atoms with Gasteiger partial charge in [-0.1, -0.05) is 19.4 Å². The highest BCUT2D eigenvalue weighted by molar-refractivity contribution is 5.51. The first kappa shape index (κ1) is 14.4. The summed E-state index contributed by atoms with van der Waals surface area (Å²) < 4.78 is 0. The van der Waals surface area contributed by atoms with Gasteiger partial charge < -0.3 is 10.2 Å². The fourth-order valence-electron chi connectivity index (χ4n) is 3.10. The number of rotatable bonds is 4. The molecule has 2 heteroatoms. The molecule has 1 aromatic rings. The average molecular weight is 260 g/mol. The number of nitrogens with zero attached hydrogens (tertiary/aromatic N) is 1. The molecule has 0 bridgehead atoms. The Morgan fingerprint density at radius 3 is 2.79 bits per heavy atom. The third-order valence-corrected chi connectivity index (χ3v) is 4.48. The van der Waals surface area contributed by atoms with E-state index in [0.717, 1.165) is 12.5 Å². The summed E-state index contributed by atoms with van der Waals surface area (Å²) in [5.41, 5.74) is 4.23. The maximum absolute atomic E-state index is 3.23. The summed E-state index contributed by atoms with van der Waals surface area (Å²) in [6, 6.07) is 6.94. The summed E-state index contributed by atoms with van der Waals surface area (Å²) in [7, 11) is 2.01. The van der Waals surface area contributed by atoms with E-state index < -0.39 is 0 Å². The Bertz CT molecular complexity index is 400. The zero-order valence-corrected chi connectivity index (χ0v) is 12.7. The molecule has 2 nitrogen and oxygen atoms in total. The van der Waals surface area contributed by atoms with Crippen LogP contribution >= 0.6 is 0 Å². The van der Waals surface area contributed by atoms with Crippen LogP contribution in [-0.4, -0.2) is 20.1 Å². The minimum absolute atomic E-state index is 0.940. The molecule has 0 radical (unpaired) electrons. The van der Waals surface area contributed by atoms with Crippen LogP contribution in [0.15, 0.2) is 18.2 Å². The van der Waals surface area contributed by atoms with Gasteiger partial charge in [0, 0.05) is 25.3 Å². The molecule has 1 unspecified atom stereocenters. The van der Waals surface area contributed by atoms with E-state index in [1.165, 1.54) is 55.6 Å². The Morgan fingerprint density at radius 1 is 1.26 bits per heavy atom. The van der Waals surface area contributed by atoms with Crippen LogP contribution < -0.4 is 10.2 Å². The van der Waals surface area contributed by atoms with Crippen LogP contribution in [0.5, 0.6) is 0 Å². The molecule has 1 heterocycles. The molecule has 0 spiro atoms. The predicted molar refractivity (Wildman–Crippen MR) is 83.8 cm³/mol. The van der Waals surface area contributed by atoms with Gasteiger partial charge in [0.25, 0.3) is 0 Å². The molecule has 0 aliphatic carbocycles. The van der Waals surface area contributed by atoms with Crippen molar-refractivity contribution >= 4 is 5.69 Å². The summed E-state index contributed by atoms with van der Waals surface area (Å²) in [5.74, 6) is 0.940. The number of anilines is 1. The summed E-state index contributed by atoms with van der Waals surface area (Å²) in [4.78, 5) is 2.58. The van der Waals surface area contributed by atoms with Gasteiger partial charge in [-0.05, 0) is 62.4 Å². The van der Waals surface area contributed by atoms with Gasteiger partial charge in [-0.15, -0.1) is 0 Å². The third-order valence-electron chi connectivity index (χ3n) is 4.48. The Morgan fingerprint density at radius 2 is 2.11 bits per heavy atom. The number of benzene rings is 1. The van der Waals surface area contributed by atoms with E-state index in [4.69, 9.17) is 0 Å². The van der Waals surface area contributed by atoms with Crippen molar-refractivity contribution in [2.24, 2.45) is 5.92 Å². The molecule has 2 rings (SSSR count). The summed E-state index contributed by atoms with van der Waals surface area (Å²) in [6.07, 6.45) is 5.45. The molecule has 0 aromatic heterocycles. The molecule has 1 saturated heterocycles. The second-order valence-electron chi connectivity index (χ2n) is 5.83. The highest BCUT2D eigenvalue weighted by atomic mass is 15.1. The Kier molecular flexibility index (Phi) is 5.26. The van der Waals surface area contributed by atoms with Gasteiger partial charge in [0.05, 0.1) is 0 Å². The van der Waals surface area contributed by atoms with Crippen molar-refractivity contribution in [3.63, 3.8) is 0 Å². The lowest BCUT2D eigenvalue weighted by atomic mass is 9.98. The highest BCUT2D eigenvalue weighted by Gasteiger charge is 2.16. The zero-order valence-electron chi connectivity index (χ0n) is 12.7. The molecule has 106 valence electrons. The quantitative estimate of drug-likeness (QED) is 0.887. The molecule has 1 atom stereocenters. The molecular formula is C17H28N2. The lowest BCUT2D eigenvalue weighted by molar-refractivity contribution is 0.459. The van der Waals surface area contributed by atoms with Crippen molar-refractivity contribution in [3.8, 4) is 0 Å². The first-order chi connectivity index (χ1) is 9.24. The lowest BCUT2D eigenvalue weighted by Gasteiger charge is -2.24. The third kappa shape index (κ3) is 3.73. The Balaban J connectivity index is 2.07. The molecule has 19 heavy (non-hydrogen) atoms. The van der Waals surface area contributed by atoms with Gasteiger partial charge in [0.2, 0.25) is 0 Å². The maximum Gasteiger partial charge on any atom is 0.0369 e. The van der Waals surface area contributed by atoms with Crippen molar-refractivity contribution in [2.75, 3.05) is 25.0 Å². The van der Waals surface area contributed by atoms with E-state index in [1.807, 2.05) is 7.05 Å².